The first-order chi connectivity index (χ1) is 5.13. The highest BCUT2D eigenvalue weighted by Gasteiger charge is 2.19. The Morgan fingerprint density at radius 1 is 1.64 bits per heavy atom. The third-order valence-corrected chi connectivity index (χ3v) is 1.57. The van der Waals surface area contributed by atoms with Gasteiger partial charge in [0.1, 0.15) is 0 Å². The lowest BCUT2D eigenvalue weighted by atomic mass is 10.0. The quantitative estimate of drug-likeness (QED) is 0.542. The zero-order chi connectivity index (χ0) is 8.85. The number of esters is 1. The summed E-state index contributed by atoms with van der Waals surface area (Å²) in [4.78, 5) is 11.0. The van der Waals surface area contributed by atoms with Crippen LogP contribution in [0.2, 0.25) is 0 Å². The Labute approximate surface area is 66.9 Å². The molecule has 0 fully saturated rings. The number of rotatable bonds is 4. The molecule has 66 valence electrons. The van der Waals surface area contributed by atoms with Crippen LogP contribution in [0, 0.1) is 5.92 Å². The van der Waals surface area contributed by atoms with Crippen LogP contribution in [0.5, 0.6) is 0 Å². The molecule has 0 aromatic rings. The van der Waals surface area contributed by atoms with Gasteiger partial charge in [0.25, 0.3) is 0 Å². The highest BCUT2D eigenvalue weighted by molar-refractivity contribution is 5.72. The van der Waals surface area contributed by atoms with Gasteiger partial charge in [0.05, 0.1) is 12.5 Å². The van der Waals surface area contributed by atoms with Crippen LogP contribution < -0.4 is 11.5 Å². The summed E-state index contributed by atoms with van der Waals surface area (Å²) in [6.45, 7) is 4.18. The second-order valence-electron chi connectivity index (χ2n) is 2.44. The fourth-order valence-corrected chi connectivity index (χ4v) is 0.653. The van der Waals surface area contributed by atoms with Crippen molar-refractivity contribution in [2.45, 2.75) is 19.9 Å². The van der Waals surface area contributed by atoms with E-state index in [0.717, 1.165) is 0 Å². The van der Waals surface area contributed by atoms with E-state index < -0.39 is 0 Å². The molecule has 0 bridgehead atoms. The molecule has 0 rings (SSSR count). The molecule has 0 saturated carbocycles. The average molecular weight is 160 g/mol. The van der Waals surface area contributed by atoms with Crippen LogP contribution in [0.1, 0.15) is 13.8 Å². The number of nitrogens with two attached hydrogens (primary N) is 2. The van der Waals surface area contributed by atoms with E-state index in [2.05, 4.69) is 0 Å². The van der Waals surface area contributed by atoms with Gasteiger partial charge < -0.3 is 16.2 Å². The maximum atomic E-state index is 11.0. The maximum absolute atomic E-state index is 11.0. The average Bonchev–Trinajstić information content (AvgIpc) is 2.02. The van der Waals surface area contributed by atoms with Gasteiger partial charge in [-0.25, -0.2) is 0 Å². The van der Waals surface area contributed by atoms with Crippen LogP contribution in [0.25, 0.3) is 0 Å². The molecule has 0 aliphatic carbocycles. The summed E-state index contributed by atoms with van der Waals surface area (Å²) < 4.78 is 4.75. The Kier molecular flexibility index (Phi) is 4.81. The van der Waals surface area contributed by atoms with Gasteiger partial charge in [0.2, 0.25) is 0 Å². The van der Waals surface area contributed by atoms with E-state index in [1.54, 1.807) is 13.8 Å². The van der Waals surface area contributed by atoms with E-state index in [9.17, 15) is 4.79 Å². The van der Waals surface area contributed by atoms with E-state index >= 15 is 0 Å². The Morgan fingerprint density at radius 2 is 2.18 bits per heavy atom. The molecule has 0 heterocycles. The fraction of sp³-hybridized carbons (Fsp3) is 0.857. The minimum atomic E-state index is -0.306. The van der Waals surface area contributed by atoms with Crippen molar-refractivity contribution in [1.82, 2.24) is 0 Å². The van der Waals surface area contributed by atoms with Crippen molar-refractivity contribution in [3.05, 3.63) is 0 Å². The summed E-state index contributed by atoms with van der Waals surface area (Å²) in [6, 6.07) is -0.297. The molecule has 4 heteroatoms. The molecule has 0 spiro atoms. The monoisotopic (exact) mass is 160 g/mol. The molecule has 2 atom stereocenters. The smallest absolute Gasteiger partial charge is 0.310 e. The Balaban J connectivity index is 3.80. The fourth-order valence-electron chi connectivity index (χ4n) is 0.653. The van der Waals surface area contributed by atoms with Crippen molar-refractivity contribution < 1.29 is 9.53 Å². The van der Waals surface area contributed by atoms with Crippen LogP contribution in [0.4, 0.5) is 0 Å². The van der Waals surface area contributed by atoms with Crippen molar-refractivity contribution in [2.24, 2.45) is 17.4 Å². The lowest BCUT2D eigenvalue weighted by molar-refractivity contribution is -0.147. The minimum Gasteiger partial charge on any atom is -0.466 e. The summed E-state index contributed by atoms with van der Waals surface area (Å²) in [5.74, 6) is -0.578. The summed E-state index contributed by atoms with van der Waals surface area (Å²) in [6.07, 6.45) is 0. The number of hydrogen-bond acceptors (Lipinski definition) is 4. The third kappa shape index (κ3) is 3.34. The largest absolute Gasteiger partial charge is 0.466 e. The van der Waals surface area contributed by atoms with Gasteiger partial charge in [-0.05, 0) is 6.92 Å². The lowest BCUT2D eigenvalue weighted by Gasteiger charge is -2.15. The third-order valence-electron chi connectivity index (χ3n) is 1.57. The predicted octanol–water partition coefficient (Wildman–Crippen LogP) is -0.528. The van der Waals surface area contributed by atoms with Crippen LogP contribution in [0.3, 0.4) is 0 Å². The molecule has 0 amide bonds. The van der Waals surface area contributed by atoms with Crippen LogP contribution in [-0.2, 0) is 9.53 Å². The molecule has 0 aliphatic rings. The van der Waals surface area contributed by atoms with Gasteiger partial charge in [-0.1, -0.05) is 6.92 Å². The first-order valence-electron chi connectivity index (χ1n) is 3.75. The maximum Gasteiger partial charge on any atom is 0.310 e. The van der Waals surface area contributed by atoms with Gasteiger partial charge in [0.15, 0.2) is 0 Å². The van der Waals surface area contributed by atoms with Crippen molar-refractivity contribution in [3.8, 4) is 0 Å². The molecule has 11 heavy (non-hydrogen) atoms. The van der Waals surface area contributed by atoms with Crippen molar-refractivity contribution >= 4 is 5.97 Å². The normalized spacial score (nSPS) is 15.6. The van der Waals surface area contributed by atoms with Crippen molar-refractivity contribution in [3.63, 3.8) is 0 Å². The second kappa shape index (κ2) is 5.09. The zero-order valence-corrected chi connectivity index (χ0v) is 7.04. The molecular weight excluding hydrogens is 144 g/mol. The highest BCUT2D eigenvalue weighted by atomic mass is 16.5. The molecule has 0 saturated heterocycles. The van der Waals surface area contributed by atoms with Gasteiger partial charge in [0, 0.05) is 12.6 Å². The number of carbonyl (C=O) groups excluding carboxylic acids is 1. The number of carbonyl (C=O) groups is 1. The van der Waals surface area contributed by atoms with Crippen LogP contribution >= 0.6 is 0 Å². The first-order valence-corrected chi connectivity index (χ1v) is 3.75. The van der Waals surface area contributed by atoms with E-state index in [1.807, 2.05) is 0 Å². The highest BCUT2D eigenvalue weighted by Crippen LogP contribution is 2.01. The molecule has 0 aliphatic heterocycles. The Morgan fingerprint density at radius 3 is 2.55 bits per heavy atom. The van der Waals surface area contributed by atoms with Crippen LogP contribution in [-0.4, -0.2) is 25.2 Å². The topological polar surface area (TPSA) is 78.3 Å². The second-order valence-corrected chi connectivity index (χ2v) is 2.44. The van der Waals surface area contributed by atoms with E-state index in [0.29, 0.717) is 13.2 Å². The Bertz CT molecular complexity index is 128. The Hall–Kier alpha value is -0.610. The molecule has 4 N–H and O–H groups in total. The van der Waals surface area contributed by atoms with Gasteiger partial charge in [-0.3, -0.25) is 4.79 Å². The van der Waals surface area contributed by atoms with E-state index in [1.165, 1.54) is 0 Å². The standard InChI is InChI=1S/C7H16N2O2/c1-3-11-7(10)5(2)6(9)4-8/h5-6H,3-4,8-9H2,1-2H3. The number of hydrogen-bond donors (Lipinski definition) is 2. The van der Waals surface area contributed by atoms with Gasteiger partial charge in [-0.2, -0.15) is 0 Å². The molecule has 4 nitrogen and oxygen atoms in total. The van der Waals surface area contributed by atoms with Crippen LogP contribution in [0.15, 0.2) is 0 Å². The van der Waals surface area contributed by atoms with E-state index in [4.69, 9.17) is 16.2 Å². The molecule has 2 unspecified atom stereocenters. The summed E-state index contributed by atoms with van der Waals surface area (Å²) in [5.41, 5.74) is 10.8. The summed E-state index contributed by atoms with van der Waals surface area (Å²) in [5, 5.41) is 0. The molecule has 0 aromatic heterocycles. The van der Waals surface area contributed by atoms with Gasteiger partial charge >= 0.3 is 5.97 Å². The van der Waals surface area contributed by atoms with Gasteiger partial charge in [-0.15, -0.1) is 0 Å². The zero-order valence-electron chi connectivity index (χ0n) is 7.04. The molecule has 0 radical (unpaired) electrons. The molecular formula is C7H16N2O2. The van der Waals surface area contributed by atoms with Crippen molar-refractivity contribution in [1.29, 1.82) is 0 Å². The van der Waals surface area contributed by atoms with E-state index in [-0.39, 0.29) is 17.9 Å². The molecule has 0 aromatic carbocycles. The number of ether oxygens (including phenoxy) is 1. The summed E-state index contributed by atoms with van der Waals surface area (Å²) in [7, 11) is 0. The van der Waals surface area contributed by atoms with Crippen molar-refractivity contribution in [2.75, 3.05) is 13.2 Å². The first kappa shape index (κ1) is 10.4. The lowest BCUT2D eigenvalue weighted by Crippen LogP contribution is -2.40. The predicted molar refractivity (Wildman–Crippen MR) is 42.8 cm³/mol. The minimum absolute atomic E-state index is 0.273. The SMILES string of the molecule is CCOC(=O)C(C)C(N)CN. The summed E-state index contributed by atoms with van der Waals surface area (Å²) >= 11 is 0.